The summed E-state index contributed by atoms with van der Waals surface area (Å²) >= 11 is 1.39. The van der Waals surface area contributed by atoms with Crippen LogP contribution in [-0.4, -0.2) is 22.8 Å². The fraction of sp³-hybridized carbons (Fsp3) is 0.389. The van der Waals surface area contributed by atoms with Crippen molar-refractivity contribution < 1.29 is 9.53 Å². The minimum atomic E-state index is -0.00168. The predicted octanol–water partition coefficient (Wildman–Crippen LogP) is 2.73. The van der Waals surface area contributed by atoms with Gasteiger partial charge in [-0.1, -0.05) is 0 Å². The largest absolute Gasteiger partial charge is 0.494 e. The Kier molecular flexibility index (Phi) is 5.33. The molecule has 0 radical (unpaired) electrons. The first kappa shape index (κ1) is 17.4. The fourth-order valence-electron chi connectivity index (χ4n) is 2.48. The summed E-state index contributed by atoms with van der Waals surface area (Å²) in [4.78, 5) is 12.2. The molecule has 1 aliphatic carbocycles. The molecule has 25 heavy (non-hydrogen) atoms. The standard InChI is InChI=1S/C18H22N4O2S/c1-3-24-16-7-6-14(12(2)20-21-17(23)13-4-5-13)10-15(16)11-22-8-9-25-18(22)19/h6-10,13,19H,3-5,11H2,1-2H3,(H,21,23). The summed E-state index contributed by atoms with van der Waals surface area (Å²) in [6.45, 7) is 4.97. The van der Waals surface area contributed by atoms with E-state index in [1.54, 1.807) is 0 Å². The van der Waals surface area contributed by atoms with Gasteiger partial charge in [0.05, 0.1) is 18.9 Å². The summed E-state index contributed by atoms with van der Waals surface area (Å²) in [5, 5.41) is 14.1. The maximum atomic E-state index is 11.7. The van der Waals surface area contributed by atoms with E-state index in [4.69, 9.17) is 10.1 Å². The number of nitrogens with one attached hydrogen (secondary N) is 2. The molecule has 2 N–H and O–H groups in total. The molecule has 2 aromatic rings. The molecule has 0 spiro atoms. The molecule has 6 nitrogen and oxygen atoms in total. The molecule has 0 bridgehead atoms. The van der Waals surface area contributed by atoms with Crippen molar-refractivity contribution >= 4 is 23.0 Å². The van der Waals surface area contributed by atoms with E-state index in [1.165, 1.54) is 11.3 Å². The Balaban J connectivity index is 1.83. The number of benzene rings is 1. The Bertz CT molecular complexity index is 849. The molecule has 0 aliphatic heterocycles. The van der Waals surface area contributed by atoms with Crippen LogP contribution in [0.3, 0.4) is 0 Å². The summed E-state index contributed by atoms with van der Waals surface area (Å²) < 4.78 is 7.59. The molecule has 1 amide bonds. The molecule has 3 rings (SSSR count). The van der Waals surface area contributed by atoms with Gasteiger partial charge in [0.2, 0.25) is 5.91 Å². The Morgan fingerprint density at radius 2 is 2.28 bits per heavy atom. The average Bonchev–Trinajstić information content (AvgIpc) is 3.38. The van der Waals surface area contributed by atoms with E-state index < -0.39 is 0 Å². The Hall–Kier alpha value is -2.41. The molecule has 1 aromatic heterocycles. The SMILES string of the molecule is CCOc1ccc(C(C)=NNC(=O)C2CC2)cc1Cn1ccsc1=N. The number of carbonyl (C=O) groups is 1. The first-order valence-electron chi connectivity index (χ1n) is 8.37. The predicted molar refractivity (Wildman–Crippen MR) is 98.0 cm³/mol. The van der Waals surface area contributed by atoms with Gasteiger partial charge in [0.15, 0.2) is 4.80 Å². The first-order chi connectivity index (χ1) is 12.1. The maximum Gasteiger partial charge on any atom is 0.243 e. The average molecular weight is 358 g/mol. The van der Waals surface area contributed by atoms with Gasteiger partial charge in [-0.25, -0.2) is 5.43 Å². The van der Waals surface area contributed by atoms with E-state index in [9.17, 15) is 4.79 Å². The van der Waals surface area contributed by atoms with Crippen LogP contribution in [0.25, 0.3) is 0 Å². The van der Waals surface area contributed by atoms with Gasteiger partial charge in [0.1, 0.15) is 5.75 Å². The number of thiazole rings is 1. The topological polar surface area (TPSA) is 79.5 Å². The van der Waals surface area contributed by atoms with Gasteiger partial charge in [-0.3, -0.25) is 10.2 Å². The Morgan fingerprint density at radius 3 is 2.92 bits per heavy atom. The van der Waals surface area contributed by atoms with Crippen molar-refractivity contribution in [1.29, 1.82) is 5.41 Å². The number of hydrazone groups is 1. The lowest BCUT2D eigenvalue weighted by Gasteiger charge is -2.13. The summed E-state index contributed by atoms with van der Waals surface area (Å²) in [5.74, 6) is 0.940. The number of hydrogen-bond donors (Lipinski definition) is 2. The monoisotopic (exact) mass is 358 g/mol. The van der Waals surface area contributed by atoms with Crippen molar-refractivity contribution in [2.75, 3.05) is 6.61 Å². The smallest absolute Gasteiger partial charge is 0.243 e. The molecule has 1 aromatic carbocycles. The van der Waals surface area contributed by atoms with Gasteiger partial charge >= 0.3 is 0 Å². The van der Waals surface area contributed by atoms with Gasteiger partial charge in [-0.15, -0.1) is 11.3 Å². The third-order valence-corrected chi connectivity index (χ3v) is 4.80. The highest BCUT2D eigenvalue weighted by Crippen LogP contribution is 2.28. The number of aromatic nitrogens is 1. The summed E-state index contributed by atoms with van der Waals surface area (Å²) in [6.07, 6.45) is 3.81. The molecule has 1 fully saturated rings. The van der Waals surface area contributed by atoms with E-state index in [1.807, 2.05) is 48.2 Å². The van der Waals surface area contributed by atoms with Crippen molar-refractivity contribution in [3.8, 4) is 5.75 Å². The number of ether oxygens (including phenoxy) is 1. The lowest BCUT2D eigenvalue weighted by atomic mass is 10.1. The Morgan fingerprint density at radius 1 is 1.48 bits per heavy atom. The van der Waals surface area contributed by atoms with Gasteiger partial charge in [0.25, 0.3) is 0 Å². The highest BCUT2D eigenvalue weighted by Gasteiger charge is 2.29. The lowest BCUT2D eigenvalue weighted by molar-refractivity contribution is -0.122. The summed E-state index contributed by atoms with van der Waals surface area (Å²) in [5.41, 5.74) is 5.30. The van der Waals surface area contributed by atoms with Crippen molar-refractivity contribution in [2.45, 2.75) is 33.2 Å². The van der Waals surface area contributed by atoms with Crippen LogP contribution in [0.5, 0.6) is 5.75 Å². The highest BCUT2D eigenvalue weighted by molar-refractivity contribution is 7.06. The fourth-order valence-corrected chi connectivity index (χ4v) is 3.07. The zero-order valence-corrected chi connectivity index (χ0v) is 15.2. The molecule has 1 heterocycles. The third kappa shape index (κ3) is 4.36. The molecule has 0 atom stereocenters. The minimum absolute atomic E-state index is 0.00168. The molecular weight excluding hydrogens is 336 g/mol. The van der Waals surface area contributed by atoms with E-state index in [-0.39, 0.29) is 11.8 Å². The maximum absolute atomic E-state index is 11.7. The second kappa shape index (κ2) is 7.65. The van der Waals surface area contributed by atoms with Crippen LogP contribution in [0.15, 0.2) is 34.9 Å². The molecule has 1 aliphatic rings. The summed E-state index contributed by atoms with van der Waals surface area (Å²) in [6, 6.07) is 5.88. The van der Waals surface area contributed by atoms with Crippen LogP contribution in [-0.2, 0) is 11.3 Å². The summed E-state index contributed by atoms with van der Waals surface area (Å²) in [7, 11) is 0. The van der Waals surface area contributed by atoms with Crippen LogP contribution in [0.1, 0.15) is 37.8 Å². The van der Waals surface area contributed by atoms with E-state index >= 15 is 0 Å². The zero-order valence-electron chi connectivity index (χ0n) is 14.4. The zero-order chi connectivity index (χ0) is 17.8. The normalized spacial score (nSPS) is 14.4. The molecule has 1 saturated carbocycles. The van der Waals surface area contributed by atoms with Gasteiger partial charge in [0, 0.05) is 23.1 Å². The molecule has 132 valence electrons. The number of amides is 1. The third-order valence-electron chi connectivity index (χ3n) is 4.08. The highest BCUT2D eigenvalue weighted by atomic mass is 32.1. The van der Waals surface area contributed by atoms with Crippen LogP contribution in [0.2, 0.25) is 0 Å². The van der Waals surface area contributed by atoms with Gasteiger partial charge < -0.3 is 9.30 Å². The van der Waals surface area contributed by atoms with Gasteiger partial charge in [-0.05, 0) is 50.5 Å². The minimum Gasteiger partial charge on any atom is -0.494 e. The second-order valence-corrected chi connectivity index (χ2v) is 6.93. The van der Waals surface area contributed by atoms with E-state index in [0.717, 1.165) is 35.4 Å². The van der Waals surface area contributed by atoms with Crippen LogP contribution in [0.4, 0.5) is 0 Å². The van der Waals surface area contributed by atoms with Crippen molar-refractivity contribution in [3.05, 3.63) is 45.7 Å². The molecular formula is C18H22N4O2S. The van der Waals surface area contributed by atoms with E-state index in [2.05, 4.69) is 10.5 Å². The lowest BCUT2D eigenvalue weighted by Crippen LogP contribution is -2.20. The number of hydrogen-bond acceptors (Lipinski definition) is 5. The quantitative estimate of drug-likeness (QED) is 0.589. The molecule has 0 unspecified atom stereocenters. The number of carbonyl (C=O) groups excluding carboxylic acids is 1. The Labute approximate surface area is 150 Å². The van der Waals surface area contributed by atoms with Crippen molar-refractivity contribution in [3.63, 3.8) is 0 Å². The van der Waals surface area contributed by atoms with Crippen molar-refractivity contribution in [1.82, 2.24) is 9.99 Å². The van der Waals surface area contributed by atoms with E-state index in [0.29, 0.717) is 18.0 Å². The van der Waals surface area contributed by atoms with Gasteiger partial charge in [-0.2, -0.15) is 5.10 Å². The van der Waals surface area contributed by atoms with Crippen LogP contribution >= 0.6 is 11.3 Å². The molecule has 0 saturated heterocycles. The van der Waals surface area contributed by atoms with Crippen molar-refractivity contribution in [2.24, 2.45) is 11.0 Å². The van der Waals surface area contributed by atoms with Crippen LogP contribution < -0.4 is 15.0 Å². The first-order valence-corrected chi connectivity index (χ1v) is 9.25. The number of nitrogens with zero attached hydrogens (tertiary/aromatic N) is 2. The second-order valence-electron chi connectivity index (χ2n) is 6.04. The number of rotatable bonds is 7. The van der Waals surface area contributed by atoms with Crippen LogP contribution in [0, 0.1) is 11.3 Å². The molecule has 7 heteroatoms.